The molecule has 0 saturated carbocycles. The fourth-order valence-electron chi connectivity index (χ4n) is 2.02. The van der Waals surface area contributed by atoms with Gasteiger partial charge in [0, 0.05) is 19.2 Å². The van der Waals surface area contributed by atoms with Gasteiger partial charge in [0.15, 0.2) is 0 Å². The normalized spacial score (nSPS) is 14.7. The largest absolute Gasteiger partial charge is 0.383 e. The molecule has 0 aromatic heterocycles. The predicted molar refractivity (Wildman–Crippen MR) is 76.6 cm³/mol. The molecular weight excluding hydrogens is 224 g/mol. The molecule has 0 fully saturated rings. The van der Waals surface area contributed by atoms with E-state index in [9.17, 15) is 0 Å². The van der Waals surface area contributed by atoms with Crippen LogP contribution < -0.4 is 5.73 Å². The van der Waals surface area contributed by atoms with Gasteiger partial charge in [0.25, 0.3) is 0 Å². The highest BCUT2D eigenvalue weighted by Gasteiger charge is 2.10. The van der Waals surface area contributed by atoms with E-state index in [2.05, 4.69) is 31.0 Å². The Morgan fingerprint density at radius 1 is 1.28 bits per heavy atom. The Bertz CT molecular complexity index is 316. The third-order valence-electron chi connectivity index (χ3n) is 3.41. The van der Waals surface area contributed by atoms with E-state index in [0.29, 0.717) is 6.04 Å². The van der Waals surface area contributed by atoms with Crippen molar-refractivity contribution in [2.24, 2.45) is 5.73 Å². The molecule has 2 N–H and O–H groups in total. The number of hydrogen-bond acceptors (Lipinski definition) is 3. The van der Waals surface area contributed by atoms with Gasteiger partial charge in [-0.15, -0.1) is 0 Å². The zero-order chi connectivity index (χ0) is 13.4. The van der Waals surface area contributed by atoms with Crippen LogP contribution in [0.2, 0.25) is 0 Å². The van der Waals surface area contributed by atoms with Gasteiger partial charge in [-0.2, -0.15) is 0 Å². The molecule has 18 heavy (non-hydrogen) atoms. The Morgan fingerprint density at radius 3 is 2.56 bits per heavy atom. The van der Waals surface area contributed by atoms with Gasteiger partial charge in [-0.1, -0.05) is 30.3 Å². The maximum absolute atomic E-state index is 6.17. The Hall–Kier alpha value is -0.900. The van der Waals surface area contributed by atoms with Gasteiger partial charge in [-0.25, -0.2) is 0 Å². The lowest BCUT2D eigenvalue weighted by Gasteiger charge is -2.24. The lowest BCUT2D eigenvalue weighted by atomic mass is 10.0. The summed E-state index contributed by atoms with van der Waals surface area (Å²) in [6.45, 7) is 4.02. The van der Waals surface area contributed by atoms with E-state index in [-0.39, 0.29) is 6.04 Å². The summed E-state index contributed by atoms with van der Waals surface area (Å²) in [5.74, 6) is 0. The minimum atomic E-state index is 0.150. The van der Waals surface area contributed by atoms with Gasteiger partial charge >= 0.3 is 0 Å². The van der Waals surface area contributed by atoms with E-state index in [0.717, 1.165) is 26.0 Å². The van der Waals surface area contributed by atoms with Crippen molar-refractivity contribution in [3.8, 4) is 0 Å². The molecule has 1 aromatic carbocycles. The molecule has 1 aromatic rings. The SMILES string of the molecule is COCC(C)N(C)CCCC(N)c1ccccc1. The third-order valence-corrected chi connectivity index (χ3v) is 3.41. The first-order valence-corrected chi connectivity index (χ1v) is 6.65. The first-order chi connectivity index (χ1) is 8.65. The minimum absolute atomic E-state index is 0.150. The molecule has 0 spiro atoms. The second-order valence-electron chi connectivity index (χ2n) is 4.94. The third kappa shape index (κ3) is 5.17. The van der Waals surface area contributed by atoms with Crippen LogP contribution in [0.4, 0.5) is 0 Å². The molecule has 2 unspecified atom stereocenters. The lowest BCUT2D eigenvalue weighted by molar-refractivity contribution is 0.114. The van der Waals surface area contributed by atoms with E-state index in [1.165, 1.54) is 5.56 Å². The average molecular weight is 250 g/mol. The van der Waals surface area contributed by atoms with Crippen LogP contribution in [-0.2, 0) is 4.74 Å². The Labute approximate surface area is 111 Å². The topological polar surface area (TPSA) is 38.5 Å². The zero-order valence-electron chi connectivity index (χ0n) is 11.8. The van der Waals surface area contributed by atoms with Gasteiger partial charge in [-0.3, -0.25) is 0 Å². The van der Waals surface area contributed by atoms with Crippen LogP contribution in [0.5, 0.6) is 0 Å². The summed E-state index contributed by atoms with van der Waals surface area (Å²) in [5, 5.41) is 0. The van der Waals surface area contributed by atoms with Crippen molar-refractivity contribution in [1.29, 1.82) is 0 Å². The highest BCUT2D eigenvalue weighted by Crippen LogP contribution is 2.15. The summed E-state index contributed by atoms with van der Waals surface area (Å²) in [5.41, 5.74) is 7.40. The number of nitrogens with zero attached hydrogens (tertiary/aromatic N) is 1. The van der Waals surface area contributed by atoms with E-state index < -0.39 is 0 Å². The molecule has 0 amide bonds. The molecule has 0 aliphatic carbocycles. The molecule has 3 nitrogen and oxygen atoms in total. The summed E-state index contributed by atoms with van der Waals surface area (Å²) >= 11 is 0. The van der Waals surface area contributed by atoms with Gasteiger partial charge in [0.2, 0.25) is 0 Å². The van der Waals surface area contributed by atoms with Crippen LogP contribution in [0.15, 0.2) is 30.3 Å². The molecule has 0 heterocycles. The van der Waals surface area contributed by atoms with Crippen molar-refractivity contribution in [2.45, 2.75) is 31.8 Å². The second-order valence-corrected chi connectivity index (χ2v) is 4.94. The second kappa shape index (κ2) is 8.25. The maximum atomic E-state index is 6.17. The first-order valence-electron chi connectivity index (χ1n) is 6.65. The standard InChI is InChI=1S/C15H26N2O/c1-13(12-18-3)17(2)11-7-10-15(16)14-8-5-4-6-9-14/h4-6,8-9,13,15H,7,10-12,16H2,1-3H3. The van der Waals surface area contributed by atoms with Crippen LogP contribution in [0.1, 0.15) is 31.4 Å². The van der Waals surface area contributed by atoms with Crippen molar-refractivity contribution >= 4 is 0 Å². The fraction of sp³-hybridized carbons (Fsp3) is 0.600. The van der Waals surface area contributed by atoms with Gasteiger partial charge < -0.3 is 15.4 Å². The van der Waals surface area contributed by atoms with Crippen LogP contribution >= 0.6 is 0 Å². The molecule has 102 valence electrons. The summed E-state index contributed by atoms with van der Waals surface area (Å²) in [7, 11) is 3.88. The average Bonchev–Trinajstić information content (AvgIpc) is 2.39. The van der Waals surface area contributed by atoms with Crippen molar-refractivity contribution < 1.29 is 4.74 Å². The van der Waals surface area contributed by atoms with Crippen LogP contribution in [0, 0.1) is 0 Å². The smallest absolute Gasteiger partial charge is 0.0615 e. The minimum Gasteiger partial charge on any atom is -0.383 e. The number of nitrogens with two attached hydrogens (primary N) is 1. The summed E-state index contributed by atoms with van der Waals surface area (Å²) in [6, 6.07) is 10.9. The summed E-state index contributed by atoms with van der Waals surface area (Å²) in [6.07, 6.45) is 2.13. The summed E-state index contributed by atoms with van der Waals surface area (Å²) in [4.78, 5) is 2.32. The molecule has 3 heteroatoms. The molecule has 0 aliphatic rings. The molecule has 1 rings (SSSR count). The number of hydrogen-bond donors (Lipinski definition) is 1. The van der Waals surface area contributed by atoms with Crippen LogP contribution in [0.3, 0.4) is 0 Å². The Balaban J connectivity index is 2.25. The summed E-state index contributed by atoms with van der Waals surface area (Å²) < 4.78 is 5.16. The molecule has 0 saturated heterocycles. The number of rotatable bonds is 8. The number of benzene rings is 1. The van der Waals surface area contributed by atoms with E-state index in [1.807, 2.05) is 18.2 Å². The molecule has 0 bridgehead atoms. The van der Waals surface area contributed by atoms with E-state index in [4.69, 9.17) is 10.5 Å². The fourth-order valence-corrected chi connectivity index (χ4v) is 2.02. The van der Waals surface area contributed by atoms with Gasteiger partial charge in [0.1, 0.15) is 0 Å². The molecule has 2 atom stereocenters. The van der Waals surface area contributed by atoms with E-state index >= 15 is 0 Å². The maximum Gasteiger partial charge on any atom is 0.0615 e. The molecule has 0 radical (unpaired) electrons. The number of ether oxygens (including phenoxy) is 1. The highest BCUT2D eigenvalue weighted by atomic mass is 16.5. The van der Waals surface area contributed by atoms with Crippen molar-refractivity contribution in [3.63, 3.8) is 0 Å². The Morgan fingerprint density at radius 2 is 1.94 bits per heavy atom. The quantitative estimate of drug-likeness (QED) is 0.770. The zero-order valence-corrected chi connectivity index (χ0v) is 11.8. The van der Waals surface area contributed by atoms with Crippen molar-refractivity contribution in [1.82, 2.24) is 4.90 Å². The van der Waals surface area contributed by atoms with Gasteiger partial charge in [0.05, 0.1) is 6.61 Å². The van der Waals surface area contributed by atoms with Crippen LogP contribution in [-0.4, -0.2) is 38.3 Å². The lowest BCUT2D eigenvalue weighted by Crippen LogP contribution is -2.33. The molecule has 0 aliphatic heterocycles. The number of likely N-dealkylation sites (N-methyl/N-ethyl adjacent to an activating group) is 1. The molecular formula is C15H26N2O. The predicted octanol–water partition coefficient (Wildman–Crippen LogP) is 2.43. The van der Waals surface area contributed by atoms with Gasteiger partial charge in [-0.05, 0) is 38.9 Å². The first kappa shape index (κ1) is 15.2. The van der Waals surface area contributed by atoms with Crippen LogP contribution in [0.25, 0.3) is 0 Å². The van der Waals surface area contributed by atoms with E-state index in [1.54, 1.807) is 7.11 Å². The Kier molecular flexibility index (Phi) is 6.94. The highest BCUT2D eigenvalue weighted by molar-refractivity contribution is 5.18. The number of methoxy groups -OCH3 is 1. The monoisotopic (exact) mass is 250 g/mol. The van der Waals surface area contributed by atoms with Crippen molar-refractivity contribution in [2.75, 3.05) is 27.3 Å². The van der Waals surface area contributed by atoms with Crippen molar-refractivity contribution in [3.05, 3.63) is 35.9 Å².